The van der Waals surface area contributed by atoms with Gasteiger partial charge in [0.2, 0.25) is 0 Å². The fourth-order valence-electron chi connectivity index (χ4n) is 0.919. The van der Waals surface area contributed by atoms with E-state index < -0.39 is 0 Å². The molecule has 9 heavy (non-hydrogen) atoms. The fraction of sp³-hybridized carbons (Fsp3) is 1.00. The van der Waals surface area contributed by atoms with E-state index in [2.05, 4.69) is 6.92 Å². The largest absolute Gasteiger partial charge is 0.396 e. The van der Waals surface area contributed by atoms with Crippen molar-refractivity contribution in [1.82, 2.24) is 0 Å². The minimum absolute atomic E-state index is 0.215. The lowest BCUT2D eigenvalue weighted by Gasteiger charge is -2.18. The highest BCUT2D eigenvalue weighted by molar-refractivity contribution is 4.61. The van der Waals surface area contributed by atoms with Gasteiger partial charge in [0.15, 0.2) is 0 Å². The normalized spacial score (nSPS) is 17.3. The zero-order chi connectivity index (χ0) is 7.28. The zero-order valence-electron chi connectivity index (χ0n) is 6.42. The average Bonchev–Trinajstić information content (AvgIpc) is 1.90. The van der Waals surface area contributed by atoms with Crippen molar-refractivity contribution in [2.24, 2.45) is 5.92 Å². The molecule has 0 fully saturated rings. The molecule has 56 valence electrons. The van der Waals surface area contributed by atoms with E-state index in [4.69, 9.17) is 9.84 Å². The molecule has 0 aromatic heterocycles. The van der Waals surface area contributed by atoms with Gasteiger partial charge in [-0.2, -0.15) is 0 Å². The second kappa shape index (κ2) is 4.77. The fourth-order valence-corrected chi connectivity index (χ4v) is 0.919. The maximum atomic E-state index is 8.69. The van der Waals surface area contributed by atoms with Crippen LogP contribution >= 0.6 is 0 Å². The van der Waals surface area contributed by atoms with Gasteiger partial charge in [0, 0.05) is 19.6 Å². The summed E-state index contributed by atoms with van der Waals surface area (Å²) in [7, 11) is 1.68. The van der Waals surface area contributed by atoms with Crippen molar-refractivity contribution in [3.8, 4) is 0 Å². The monoisotopic (exact) mass is 132 g/mol. The Morgan fingerprint density at radius 1 is 1.56 bits per heavy atom. The highest BCUT2D eigenvalue weighted by Gasteiger charge is 2.12. The zero-order valence-corrected chi connectivity index (χ0v) is 6.42. The molecule has 0 saturated heterocycles. The van der Waals surface area contributed by atoms with Crippen LogP contribution in [0, 0.1) is 5.92 Å². The molecule has 2 atom stereocenters. The van der Waals surface area contributed by atoms with E-state index in [1.807, 2.05) is 6.92 Å². The predicted octanol–water partition coefficient (Wildman–Crippen LogP) is 1.04. The van der Waals surface area contributed by atoms with Crippen LogP contribution in [-0.4, -0.2) is 24.9 Å². The third-order valence-electron chi connectivity index (χ3n) is 1.63. The average molecular weight is 132 g/mol. The molecule has 2 nitrogen and oxygen atoms in total. The van der Waals surface area contributed by atoms with E-state index in [0.29, 0.717) is 0 Å². The van der Waals surface area contributed by atoms with Crippen LogP contribution in [0.1, 0.15) is 20.3 Å². The van der Waals surface area contributed by atoms with Crippen LogP contribution in [0.4, 0.5) is 0 Å². The van der Waals surface area contributed by atoms with E-state index in [1.165, 1.54) is 0 Å². The number of hydrogen-bond donors (Lipinski definition) is 1. The van der Waals surface area contributed by atoms with Gasteiger partial charge < -0.3 is 9.84 Å². The third kappa shape index (κ3) is 2.82. The van der Waals surface area contributed by atoms with Crippen molar-refractivity contribution in [3.05, 3.63) is 0 Å². The Morgan fingerprint density at radius 2 is 2.11 bits per heavy atom. The van der Waals surface area contributed by atoms with Crippen molar-refractivity contribution in [3.63, 3.8) is 0 Å². The molecule has 0 aliphatic heterocycles. The van der Waals surface area contributed by atoms with Crippen LogP contribution in [0.5, 0.6) is 0 Å². The maximum absolute atomic E-state index is 8.69. The Bertz CT molecular complexity index is 59.9. The standard InChI is InChI=1S/C7H16O2/c1-4-7(9-3)6(2)5-8/h6-8H,4-5H2,1-3H3. The Morgan fingerprint density at radius 3 is 2.22 bits per heavy atom. The highest BCUT2D eigenvalue weighted by Crippen LogP contribution is 2.08. The molecule has 0 spiro atoms. The van der Waals surface area contributed by atoms with Gasteiger partial charge in [-0.15, -0.1) is 0 Å². The van der Waals surface area contributed by atoms with E-state index in [0.717, 1.165) is 6.42 Å². The van der Waals surface area contributed by atoms with Gasteiger partial charge in [0.25, 0.3) is 0 Å². The summed E-state index contributed by atoms with van der Waals surface area (Å²) in [5.74, 6) is 0.264. The van der Waals surface area contributed by atoms with E-state index in [-0.39, 0.29) is 18.6 Å². The Balaban J connectivity index is 3.50. The molecule has 1 N–H and O–H groups in total. The number of rotatable bonds is 4. The lowest BCUT2D eigenvalue weighted by molar-refractivity contribution is 0.0316. The van der Waals surface area contributed by atoms with Gasteiger partial charge in [-0.1, -0.05) is 13.8 Å². The molecule has 2 heteroatoms. The van der Waals surface area contributed by atoms with Crippen LogP contribution in [-0.2, 0) is 4.74 Å². The highest BCUT2D eigenvalue weighted by atomic mass is 16.5. The maximum Gasteiger partial charge on any atom is 0.0616 e. The first kappa shape index (κ1) is 8.92. The number of methoxy groups -OCH3 is 1. The summed E-state index contributed by atoms with van der Waals surface area (Å²) in [6, 6.07) is 0. The van der Waals surface area contributed by atoms with Gasteiger partial charge in [-0.25, -0.2) is 0 Å². The summed E-state index contributed by atoms with van der Waals surface area (Å²) < 4.78 is 5.09. The molecule has 0 radical (unpaired) electrons. The quantitative estimate of drug-likeness (QED) is 0.619. The Hall–Kier alpha value is -0.0800. The molecule has 0 amide bonds. The van der Waals surface area contributed by atoms with Crippen molar-refractivity contribution < 1.29 is 9.84 Å². The van der Waals surface area contributed by atoms with Gasteiger partial charge in [0.05, 0.1) is 6.10 Å². The molecule has 0 aliphatic carbocycles. The van der Waals surface area contributed by atoms with Crippen LogP contribution in [0.3, 0.4) is 0 Å². The summed E-state index contributed by atoms with van der Waals surface area (Å²) >= 11 is 0. The molecule has 0 heterocycles. The van der Waals surface area contributed by atoms with Gasteiger partial charge in [0.1, 0.15) is 0 Å². The molecule has 0 aliphatic rings. The number of ether oxygens (including phenoxy) is 1. The minimum Gasteiger partial charge on any atom is -0.396 e. The Kier molecular flexibility index (Phi) is 4.72. The van der Waals surface area contributed by atoms with Gasteiger partial charge >= 0.3 is 0 Å². The second-order valence-electron chi connectivity index (χ2n) is 2.34. The SMILES string of the molecule is CCC(OC)C(C)CO. The molecule has 0 aromatic carbocycles. The van der Waals surface area contributed by atoms with Gasteiger partial charge in [-0.3, -0.25) is 0 Å². The summed E-state index contributed by atoms with van der Waals surface area (Å²) in [5, 5.41) is 8.69. The van der Waals surface area contributed by atoms with Crippen molar-refractivity contribution >= 4 is 0 Å². The van der Waals surface area contributed by atoms with Crippen molar-refractivity contribution in [1.29, 1.82) is 0 Å². The number of hydrogen-bond acceptors (Lipinski definition) is 2. The minimum atomic E-state index is 0.215. The molecule has 0 aromatic rings. The Labute approximate surface area is 56.8 Å². The molecule has 0 rings (SSSR count). The van der Waals surface area contributed by atoms with Crippen LogP contribution in [0.2, 0.25) is 0 Å². The first-order valence-electron chi connectivity index (χ1n) is 3.39. The molecule has 0 bridgehead atoms. The molecular weight excluding hydrogens is 116 g/mol. The molecular formula is C7H16O2. The number of aliphatic hydroxyl groups excluding tert-OH is 1. The summed E-state index contributed by atoms with van der Waals surface area (Å²) in [4.78, 5) is 0. The predicted molar refractivity (Wildman–Crippen MR) is 37.3 cm³/mol. The second-order valence-corrected chi connectivity index (χ2v) is 2.34. The lowest BCUT2D eigenvalue weighted by atomic mass is 10.0. The summed E-state index contributed by atoms with van der Waals surface area (Å²) in [6.07, 6.45) is 1.19. The lowest BCUT2D eigenvalue weighted by Crippen LogP contribution is -2.22. The first-order valence-corrected chi connectivity index (χ1v) is 3.39. The van der Waals surface area contributed by atoms with Crippen molar-refractivity contribution in [2.45, 2.75) is 26.4 Å². The first-order chi connectivity index (χ1) is 4.26. The van der Waals surface area contributed by atoms with E-state index in [9.17, 15) is 0 Å². The van der Waals surface area contributed by atoms with Crippen LogP contribution < -0.4 is 0 Å². The van der Waals surface area contributed by atoms with E-state index >= 15 is 0 Å². The molecule has 0 saturated carbocycles. The van der Waals surface area contributed by atoms with E-state index in [1.54, 1.807) is 7.11 Å². The van der Waals surface area contributed by atoms with Gasteiger partial charge in [-0.05, 0) is 6.42 Å². The number of aliphatic hydroxyl groups is 1. The summed E-state index contributed by atoms with van der Waals surface area (Å²) in [5.41, 5.74) is 0. The van der Waals surface area contributed by atoms with Crippen LogP contribution in [0.25, 0.3) is 0 Å². The summed E-state index contributed by atoms with van der Waals surface area (Å²) in [6.45, 7) is 4.25. The third-order valence-corrected chi connectivity index (χ3v) is 1.63. The smallest absolute Gasteiger partial charge is 0.0616 e. The van der Waals surface area contributed by atoms with Crippen LogP contribution in [0.15, 0.2) is 0 Å². The van der Waals surface area contributed by atoms with Crippen molar-refractivity contribution in [2.75, 3.05) is 13.7 Å². The molecule has 2 unspecified atom stereocenters. The topological polar surface area (TPSA) is 29.5 Å².